The Hall–Kier alpha value is -2.80. The van der Waals surface area contributed by atoms with Gasteiger partial charge in [0, 0.05) is 11.3 Å². The van der Waals surface area contributed by atoms with Crippen molar-refractivity contribution >= 4 is 35.1 Å². The van der Waals surface area contributed by atoms with Crippen LogP contribution >= 0.6 is 11.8 Å². The zero-order valence-electron chi connectivity index (χ0n) is 15.9. The molecule has 0 saturated heterocycles. The molecule has 0 fully saturated rings. The van der Waals surface area contributed by atoms with E-state index in [0.29, 0.717) is 23.6 Å². The molecule has 0 aliphatic heterocycles. The molecule has 1 amide bonds. The van der Waals surface area contributed by atoms with E-state index in [1.54, 1.807) is 30.3 Å². The van der Waals surface area contributed by atoms with Gasteiger partial charge in [-0.2, -0.15) is 0 Å². The third kappa shape index (κ3) is 7.44. The van der Waals surface area contributed by atoms with E-state index < -0.39 is 5.97 Å². The van der Waals surface area contributed by atoms with Crippen LogP contribution in [-0.4, -0.2) is 42.4 Å². The normalized spacial score (nSPS) is 10.2. The van der Waals surface area contributed by atoms with Gasteiger partial charge in [-0.1, -0.05) is 12.1 Å². The molecule has 2 aromatic rings. The molecule has 0 atom stereocenters. The first-order valence-electron chi connectivity index (χ1n) is 8.84. The molecule has 0 aliphatic carbocycles. The van der Waals surface area contributed by atoms with Crippen LogP contribution in [0.5, 0.6) is 5.75 Å². The molecule has 0 unspecified atom stereocenters. The second kappa shape index (κ2) is 11.1. The van der Waals surface area contributed by atoms with Crippen molar-refractivity contribution in [3.63, 3.8) is 0 Å². The van der Waals surface area contributed by atoms with Gasteiger partial charge in [-0.25, -0.2) is 0 Å². The van der Waals surface area contributed by atoms with Crippen molar-refractivity contribution in [2.24, 2.45) is 0 Å². The van der Waals surface area contributed by atoms with E-state index in [0.717, 1.165) is 17.3 Å². The van der Waals surface area contributed by atoms with Crippen LogP contribution in [-0.2, 0) is 14.3 Å². The molecule has 148 valence electrons. The number of esters is 1. The Morgan fingerprint density at radius 3 is 2.46 bits per heavy atom. The molecule has 1 N–H and O–H groups in total. The molecular formula is C21H23NO5S. The van der Waals surface area contributed by atoms with Crippen LogP contribution in [0.15, 0.2) is 48.5 Å². The molecule has 0 heterocycles. The van der Waals surface area contributed by atoms with Crippen LogP contribution in [0, 0.1) is 6.92 Å². The lowest BCUT2D eigenvalue weighted by Crippen LogP contribution is -2.18. The van der Waals surface area contributed by atoms with Gasteiger partial charge >= 0.3 is 5.97 Å². The first kappa shape index (κ1) is 21.5. The highest BCUT2D eigenvalue weighted by Gasteiger charge is 2.11. The summed E-state index contributed by atoms with van der Waals surface area (Å²) in [6.07, 6.45) is 0. The number of thioether (sulfide) groups is 1. The number of benzene rings is 2. The Morgan fingerprint density at radius 1 is 1.04 bits per heavy atom. The molecule has 0 aliphatic rings. The summed E-state index contributed by atoms with van der Waals surface area (Å²) in [5, 5.41) is 2.77. The largest absolute Gasteiger partial charge is 0.494 e. The maximum absolute atomic E-state index is 12.0. The monoisotopic (exact) mass is 401 g/mol. The first-order valence-corrected chi connectivity index (χ1v) is 9.99. The summed E-state index contributed by atoms with van der Waals surface area (Å²) in [4.78, 5) is 35.7. The molecule has 0 aromatic heterocycles. The van der Waals surface area contributed by atoms with Gasteiger partial charge < -0.3 is 14.8 Å². The summed E-state index contributed by atoms with van der Waals surface area (Å²) in [5.74, 6) is -0.232. The Morgan fingerprint density at radius 2 is 1.79 bits per heavy atom. The molecule has 2 rings (SSSR count). The minimum absolute atomic E-state index is 0.00219. The van der Waals surface area contributed by atoms with Crippen LogP contribution in [0.4, 0.5) is 5.69 Å². The summed E-state index contributed by atoms with van der Waals surface area (Å²) in [6, 6.07) is 14.1. The zero-order valence-corrected chi connectivity index (χ0v) is 16.7. The number of amides is 1. The van der Waals surface area contributed by atoms with E-state index >= 15 is 0 Å². The van der Waals surface area contributed by atoms with E-state index in [-0.39, 0.29) is 29.8 Å². The van der Waals surface area contributed by atoms with Crippen molar-refractivity contribution in [1.29, 1.82) is 0 Å². The molecule has 7 heteroatoms. The lowest BCUT2D eigenvalue weighted by Gasteiger charge is -2.07. The predicted octanol–water partition coefficient (Wildman–Crippen LogP) is 3.49. The zero-order chi connectivity index (χ0) is 20.4. The van der Waals surface area contributed by atoms with Gasteiger partial charge in [-0.3, -0.25) is 14.4 Å². The number of hydrogen-bond acceptors (Lipinski definition) is 6. The number of ether oxygens (including phenoxy) is 2. The highest BCUT2D eigenvalue weighted by molar-refractivity contribution is 8.00. The fourth-order valence-corrected chi connectivity index (χ4v) is 2.93. The smallest absolute Gasteiger partial charge is 0.316 e. The van der Waals surface area contributed by atoms with Gasteiger partial charge in [-0.15, -0.1) is 11.8 Å². The van der Waals surface area contributed by atoms with E-state index in [4.69, 9.17) is 9.47 Å². The molecule has 6 nitrogen and oxygen atoms in total. The van der Waals surface area contributed by atoms with Crippen molar-refractivity contribution in [1.82, 2.24) is 0 Å². The van der Waals surface area contributed by atoms with Gasteiger partial charge in [0.05, 0.1) is 18.1 Å². The molecule has 0 radical (unpaired) electrons. The minimum Gasteiger partial charge on any atom is -0.494 e. The standard InChI is InChI=1S/C21H23NO5S/c1-3-26-18-9-7-16(8-10-18)19(23)12-27-21(25)14-28-13-20(24)22-17-6-4-5-15(2)11-17/h4-11H,3,12-14H2,1-2H3,(H,22,24). The number of aryl methyl sites for hydroxylation is 1. The SMILES string of the molecule is CCOc1ccc(C(=O)COC(=O)CSCC(=O)Nc2cccc(C)c2)cc1. The van der Waals surface area contributed by atoms with Gasteiger partial charge in [-0.05, 0) is 55.8 Å². The second-order valence-corrected chi connectivity index (χ2v) is 6.94. The maximum atomic E-state index is 12.0. The van der Waals surface area contributed by atoms with Crippen LogP contribution in [0.2, 0.25) is 0 Å². The summed E-state index contributed by atoms with van der Waals surface area (Å²) in [6.45, 7) is 4.03. The van der Waals surface area contributed by atoms with Gasteiger partial charge in [0.1, 0.15) is 5.75 Å². The lowest BCUT2D eigenvalue weighted by atomic mass is 10.1. The number of nitrogens with one attached hydrogen (secondary N) is 1. The quantitative estimate of drug-likeness (QED) is 0.485. The van der Waals surface area contributed by atoms with Crippen LogP contribution < -0.4 is 10.1 Å². The minimum atomic E-state index is -0.535. The number of hydrogen-bond donors (Lipinski definition) is 1. The van der Waals surface area contributed by atoms with Gasteiger partial charge in [0.2, 0.25) is 5.91 Å². The molecular weight excluding hydrogens is 378 g/mol. The molecule has 2 aromatic carbocycles. The topological polar surface area (TPSA) is 81.7 Å². The van der Waals surface area contributed by atoms with E-state index in [1.807, 2.05) is 32.0 Å². The fraction of sp³-hybridized carbons (Fsp3) is 0.286. The second-order valence-electron chi connectivity index (χ2n) is 5.95. The number of Topliss-reactive ketones (excluding diaryl/α,β-unsaturated/α-hetero) is 1. The molecule has 28 heavy (non-hydrogen) atoms. The number of ketones is 1. The number of carbonyl (C=O) groups is 3. The molecule has 0 spiro atoms. The van der Waals surface area contributed by atoms with Crippen molar-refractivity contribution in [3.8, 4) is 5.75 Å². The summed E-state index contributed by atoms with van der Waals surface area (Å²) in [7, 11) is 0. The molecule has 0 saturated carbocycles. The number of carbonyl (C=O) groups excluding carboxylic acids is 3. The number of rotatable bonds is 10. The van der Waals surface area contributed by atoms with Crippen molar-refractivity contribution in [3.05, 3.63) is 59.7 Å². The Kier molecular flexibility index (Phi) is 8.55. The third-order valence-electron chi connectivity index (χ3n) is 3.61. The summed E-state index contributed by atoms with van der Waals surface area (Å²) >= 11 is 1.13. The predicted molar refractivity (Wildman–Crippen MR) is 110 cm³/mol. The van der Waals surface area contributed by atoms with Gasteiger partial charge in [0.15, 0.2) is 12.4 Å². The highest BCUT2D eigenvalue weighted by Crippen LogP contribution is 2.13. The van der Waals surface area contributed by atoms with E-state index in [2.05, 4.69) is 5.32 Å². The van der Waals surface area contributed by atoms with E-state index in [9.17, 15) is 14.4 Å². The fourth-order valence-electron chi connectivity index (χ4n) is 2.32. The van der Waals surface area contributed by atoms with Gasteiger partial charge in [0.25, 0.3) is 0 Å². The Labute approximate surface area is 168 Å². The first-order chi connectivity index (χ1) is 13.5. The average Bonchev–Trinajstić information content (AvgIpc) is 2.67. The van der Waals surface area contributed by atoms with Crippen LogP contribution in [0.25, 0.3) is 0 Å². The van der Waals surface area contributed by atoms with Crippen molar-refractivity contribution < 1.29 is 23.9 Å². The highest BCUT2D eigenvalue weighted by atomic mass is 32.2. The summed E-state index contributed by atoms with van der Waals surface area (Å²) < 4.78 is 10.3. The van der Waals surface area contributed by atoms with Crippen molar-refractivity contribution in [2.75, 3.05) is 30.0 Å². The maximum Gasteiger partial charge on any atom is 0.316 e. The third-order valence-corrected chi connectivity index (χ3v) is 4.51. The average molecular weight is 401 g/mol. The van der Waals surface area contributed by atoms with Crippen LogP contribution in [0.3, 0.4) is 0 Å². The van der Waals surface area contributed by atoms with Crippen molar-refractivity contribution in [2.45, 2.75) is 13.8 Å². The number of anilines is 1. The Bertz CT molecular complexity index is 820. The Balaban J connectivity index is 1.66. The van der Waals surface area contributed by atoms with Crippen LogP contribution in [0.1, 0.15) is 22.8 Å². The summed E-state index contributed by atoms with van der Waals surface area (Å²) in [5.41, 5.74) is 2.21. The lowest BCUT2D eigenvalue weighted by molar-refractivity contribution is -0.139. The van der Waals surface area contributed by atoms with E-state index in [1.165, 1.54) is 0 Å². The molecule has 0 bridgehead atoms.